The molecule has 0 saturated carbocycles. The molecule has 0 aromatic rings. The number of nitrogens with zero attached hydrogens (tertiary/aromatic N) is 1. The lowest BCUT2D eigenvalue weighted by atomic mass is 9.87. The van der Waals surface area contributed by atoms with E-state index in [0.29, 0.717) is 17.8 Å². The Morgan fingerprint density at radius 1 is 1.26 bits per heavy atom. The largest absolute Gasteiger partial charge is 0.367 e. The van der Waals surface area contributed by atoms with E-state index in [1.165, 1.54) is 5.70 Å². The Labute approximate surface area is 149 Å². The summed E-state index contributed by atoms with van der Waals surface area (Å²) in [6.07, 6.45) is 9.08. The van der Waals surface area contributed by atoms with Gasteiger partial charge in [-0.1, -0.05) is 60.1 Å². The molecule has 0 bridgehead atoms. The van der Waals surface area contributed by atoms with Gasteiger partial charge in [-0.25, -0.2) is 0 Å². The van der Waals surface area contributed by atoms with E-state index in [1.807, 2.05) is 13.8 Å². The van der Waals surface area contributed by atoms with Crippen molar-refractivity contribution in [3.8, 4) is 0 Å². The van der Waals surface area contributed by atoms with E-state index in [1.54, 1.807) is 17.3 Å². The summed E-state index contributed by atoms with van der Waals surface area (Å²) in [7, 11) is 0. The number of allylic oxidation sites excluding steroid dienone is 4. The van der Waals surface area contributed by atoms with E-state index in [9.17, 15) is 0 Å². The van der Waals surface area contributed by atoms with Crippen LogP contribution in [0.25, 0.3) is 0 Å². The van der Waals surface area contributed by atoms with Gasteiger partial charge in [-0.15, -0.1) is 11.8 Å². The molecule has 0 spiro atoms. The van der Waals surface area contributed by atoms with Crippen molar-refractivity contribution in [2.75, 3.05) is 6.26 Å². The van der Waals surface area contributed by atoms with Crippen molar-refractivity contribution in [3.05, 3.63) is 23.4 Å². The molecule has 0 fully saturated rings. The van der Waals surface area contributed by atoms with Crippen molar-refractivity contribution in [2.24, 2.45) is 22.7 Å². The zero-order valence-corrected chi connectivity index (χ0v) is 17.6. The third-order valence-electron chi connectivity index (χ3n) is 3.95. The van der Waals surface area contributed by atoms with Gasteiger partial charge in [-0.3, -0.25) is 4.99 Å². The van der Waals surface area contributed by atoms with Crippen molar-refractivity contribution >= 4 is 16.8 Å². The van der Waals surface area contributed by atoms with Gasteiger partial charge >= 0.3 is 0 Å². The summed E-state index contributed by atoms with van der Waals surface area (Å²) in [6, 6.07) is 0. The van der Waals surface area contributed by atoms with Gasteiger partial charge in [0.15, 0.2) is 0 Å². The second-order valence-corrected chi connectivity index (χ2v) is 7.76. The van der Waals surface area contributed by atoms with Gasteiger partial charge in [0, 0.05) is 5.70 Å². The molecule has 0 aromatic carbocycles. The van der Waals surface area contributed by atoms with Crippen LogP contribution >= 0.6 is 11.8 Å². The van der Waals surface area contributed by atoms with Gasteiger partial charge in [0.1, 0.15) is 6.17 Å². The zero-order valence-electron chi connectivity index (χ0n) is 16.7. The van der Waals surface area contributed by atoms with Crippen LogP contribution in [0.5, 0.6) is 0 Å². The average molecular weight is 339 g/mol. The van der Waals surface area contributed by atoms with Crippen LogP contribution in [0, 0.1) is 17.8 Å². The Bertz CT molecular complexity index is 419. The molecule has 23 heavy (non-hydrogen) atoms. The highest BCUT2D eigenvalue weighted by Gasteiger charge is 2.19. The molecule has 1 N–H and O–H groups in total. The van der Waals surface area contributed by atoms with Crippen molar-refractivity contribution in [2.45, 2.75) is 74.4 Å². The number of hydrogen-bond acceptors (Lipinski definition) is 3. The van der Waals surface area contributed by atoms with Crippen LogP contribution in [0.3, 0.4) is 0 Å². The first-order chi connectivity index (χ1) is 10.8. The maximum absolute atomic E-state index is 4.82. The Hall–Kier alpha value is -0.700. The molecule has 3 heteroatoms. The van der Waals surface area contributed by atoms with E-state index >= 15 is 0 Å². The van der Waals surface area contributed by atoms with Crippen LogP contribution in [0.15, 0.2) is 28.4 Å². The van der Waals surface area contributed by atoms with Crippen LogP contribution in [0.2, 0.25) is 0 Å². The van der Waals surface area contributed by atoms with Gasteiger partial charge in [0.2, 0.25) is 0 Å². The lowest BCUT2D eigenvalue weighted by Gasteiger charge is -2.28. The number of aliphatic imine (C=N–C) groups is 1. The lowest BCUT2D eigenvalue weighted by Crippen LogP contribution is -2.32. The number of rotatable bonds is 6. The summed E-state index contributed by atoms with van der Waals surface area (Å²) >= 11 is 1.73. The Morgan fingerprint density at radius 2 is 1.87 bits per heavy atom. The van der Waals surface area contributed by atoms with Crippen molar-refractivity contribution in [3.63, 3.8) is 0 Å². The summed E-state index contributed by atoms with van der Waals surface area (Å²) in [6.45, 7) is 17.5. The molecule has 134 valence electrons. The maximum Gasteiger partial charge on any atom is 0.119 e. The second-order valence-electron chi connectivity index (χ2n) is 6.77. The highest BCUT2D eigenvalue weighted by atomic mass is 32.2. The van der Waals surface area contributed by atoms with Crippen LogP contribution in [0.4, 0.5) is 0 Å². The van der Waals surface area contributed by atoms with Crippen LogP contribution < -0.4 is 5.32 Å². The first kappa shape index (κ1) is 22.3. The average Bonchev–Trinajstić information content (AvgIpc) is 2.50. The van der Waals surface area contributed by atoms with Crippen molar-refractivity contribution < 1.29 is 0 Å². The lowest BCUT2D eigenvalue weighted by molar-refractivity contribution is 0.432. The smallest absolute Gasteiger partial charge is 0.119 e. The molecular formula is C20H38N2S. The molecule has 0 radical (unpaired) electrons. The summed E-state index contributed by atoms with van der Waals surface area (Å²) < 4.78 is 0. The van der Waals surface area contributed by atoms with Gasteiger partial charge in [-0.05, 0) is 49.9 Å². The Kier molecular flexibility index (Phi) is 11.4. The fourth-order valence-electron chi connectivity index (χ4n) is 2.57. The first-order valence-electron chi connectivity index (χ1n) is 9.09. The number of thioether (sulfide) groups is 1. The van der Waals surface area contributed by atoms with E-state index in [4.69, 9.17) is 4.99 Å². The molecule has 2 unspecified atom stereocenters. The van der Waals surface area contributed by atoms with Crippen LogP contribution in [-0.4, -0.2) is 17.5 Å². The predicted octanol–water partition coefficient (Wildman–Crippen LogP) is 6.26. The molecule has 1 aliphatic rings. The highest BCUT2D eigenvalue weighted by Crippen LogP contribution is 2.28. The summed E-state index contributed by atoms with van der Waals surface area (Å²) in [5.41, 5.74) is 2.89. The third kappa shape index (κ3) is 8.64. The standard InChI is InChI=1S/C18H32N2S.C2H6/c1-12(2)10-18(19-15(6)21-7)20-17-9-8-16(13(3)4)11-14(17)5;1-2/h8-9,12-14,18,20H,10-11H2,1-7H3;1-2H3/b19-15+;. The molecule has 1 rings (SSSR count). The summed E-state index contributed by atoms with van der Waals surface area (Å²) in [5, 5.41) is 4.83. The summed E-state index contributed by atoms with van der Waals surface area (Å²) in [5.74, 6) is 1.85. The van der Waals surface area contributed by atoms with Crippen LogP contribution in [-0.2, 0) is 0 Å². The quantitative estimate of drug-likeness (QED) is 0.456. The Morgan fingerprint density at radius 3 is 2.30 bits per heavy atom. The molecule has 1 aliphatic carbocycles. The molecule has 2 atom stereocenters. The molecule has 0 heterocycles. The van der Waals surface area contributed by atoms with E-state index in [2.05, 4.69) is 65.3 Å². The zero-order chi connectivity index (χ0) is 18.0. The number of nitrogens with one attached hydrogen (secondary N) is 1. The topological polar surface area (TPSA) is 24.4 Å². The van der Waals surface area contributed by atoms with Crippen molar-refractivity contribution in [1.29, 1.82) is 0 Å². The van der Waals surface area contributed by atoms with Gasteiger partial charge < -0.3 is 5.32 Å². The fraction of sp³-hybridized carbons (Fsp3) is 0.750. The maximum atomic E-state index is 4.82. The predicted molar refractivity (Wildman–Crippen MR) is 109 cm³/mol. The molecule has 0 aromatic heterocycles. The van der Waals surface area contributed by atoms with E-state index in [0.717, 1.165) is 17.9 Å². The van der Waals surface area contributed by atoms with Crippen molar-refractivity contribution in [1.82, 2.24) is 5.32 Å². The fourth-order valence-corrected chi connectivity index (χ4v) is 2.80. The van der Waals surface area contributed by atoms with Gasteiger partial charge in [-0.2, -0.15) is 0 Å². The summed E-state index contributed by atoms with van der Waals surface area (Å²) in [4.78, 5) is 4.82. The van der Waals surface area contributed by atoms with Gasteiger partial charge in [0.25, 0.3) is 0 Å². The monoisotopic (exact) mass is 338 g/mol. The van der Waals surface area contributed by atoms with Crippen LogP contribution in [0.1, 0.15) is 68.2 Å². The minimum Gasteiger partial charge on any atom is -0.367 e. The Balaban J connectivity index is 0.00000232. The van der Waals surface area contributed by atoms with E-state index in [-0.39, 0.29) is 6.17 Å². The molecule has 0 aliphatic heterocycles. The minimum absolute atomic E-state index is 0.195. The van der Waals surface area contributed by atoms with Gasteiger partial charge in [0.05, 0.1) is 5.04 Å². The molecule has 0 amide bonds. The molecular weight excluding hydrogens is 300 g/mol. The molecule has 0 saturated heterocycles. The number of hydrogen-bond donors (Lipinski definition) is 1. The second kappa shape index (κ2) is 11.8. The first-order valence-corrected chi connectivity index (χ1v) is 10.3. The third-order valence-corrected chi connectivity index (χ3v) is 4.65. The van der Waals surface area contributed by atoms with E-state index < -0.39 is 0 Å². The normalized spacial score (nSPS) is 19.8. The highest BCUT2D eigenvalue weighted by molar-refractivity contribution is 8.13. The minimum atomic E-state index is 0.195. The SMILES string of the molecule is CC.CS/C(C)=N/C(CC(C)C)NC1=CC=C(C(C)C)CC1C. The molecule has 2 nitrogen and oxygen atoms in total.